The molecule has 1 aliphatic heterocycles. The number of imidazole rings is 1. The normalized spacial score (nSPS) is 14.4. The number of fused-ring (bicyclic) bond motifs is 1. The number of hydrogen-bond donors (Lipinski definition) is 1. The first kappa shape index (κ1) is 22.0. The number of rotatable bonds is 10. The van der Waals surface area contributed by atoms with Gasteiger partial charge in [0.2, 0.25) is 0 Å². The fraction of sp³-hybridized carbons (Fsp3) is 0.455. The second kappa shape index (κ2) is 10.9. The summed E-state index contributed by atoms with van der Waals surface area (Å²) in [4.78, 5) is 13.7. The first-order valence-corrected chi connectivity index (χ1v) is 10.6. The van der Waals surface area contributed by atoms with E-state index in [9.17, 15) is 0 Å². The Morgan fingerprint density at radius 2 is 2.03 bits per heavy atom. The van der Waals surface area contributed by atoms with E-state index in [0.717, 1.165) is 26.1 Å². The number of anilines is 1. The zero-order chi connectivity index (χ0) is 22.2. The third-order valence-electron chi connectivity index (χ3n) is 5.09. The average molecular weight is 438 g/mol. The van der Waals surface area contributed by atoms with Gasteiger partial charge in [-0.15, -0.1) is 0 Å². The average Bonchev–Trinajstić information content (AvgIpc) is 3.24. The predicted octanol–water partition coefficient (Wildman–Crippen LogP) is 2.32. The maximum atomic E-state index is 9.02. The van der Waals surface area contributed by atoms with E-state index in [1.165, 1.54) is 6.20 Å². The summed E-state index contributed by atoms with van der Waals surface area (Å²) in [7, 11) is 1.64. The molecule has 3 aromatic rings. The molecule has 0 unspecified atom stereocenters. The van der Waals surface area contributed by atoms with Gasteiger partial charge in [0.25, 0.3) is 0 Å². The van der Waals surface area contributed by atoms with Gasteiger partial charge in [-0.05, 0) is 25.0 Å². The fourth-order valence-corrected chi connectivity index (χ4v) is 3.39. The molecule has 0 saturated carbocycles. The predicted molar refractivity (Wildman–Crippen MR) is 117 cm³/mol. The highest BCUT2D eigenvalue weighted by Gasteiger charge is 2.19. The Labute approximate surface area is 186 Å². The minimum absolute atomic E-state index is 0.249. The number of ether oxygens (including phenoxy) is 4. The molecule has 0 bridgehead atoms. The zero-order valence-electron chi connectivity index (χ0n) is 18.0. The molecule has 32 heavy (non-hydrogen) atoms. The van der Waals surface area contributed by atoms with E-state index in [-0.39, 0.29) is 6.04 Å². The van der Waals surface area contributed by atoms with Crippen molar-refractivity contribution in [2.75, 3.05) is 52.1 Å². The van der Waals surface area contributed by atoms with Gasteiger partial charge in [0.1, 0.15) is 30.3 Å². The maximum Gasteiger partial charge on any atom is 0.171 e. The number of hydrogen-bond acceptors (Lipinski definition) is 9. The molecule has 3 aromatic heterocycles. The largest absolute Gasteiger partial charge is 0.487 e. The van der Waals surface area contributed by atoms with Crippen molar-refractivity contribution in [3.8, 4) is 17.6 Å². The highest BCUT2D eigenvalue weighted by atomic mass is 16.5. The Morgan fingerprint density at radius 1 is 1.19 bits per heavy atom. The van der Waals surface area contributed by atoms with Crippen molar-refractivity contribution in [3.63, 3.8) is 0 Å². The van der Waals surface area contributed by atoms with Crippen LogP contribution in [0.15, 0.2) is 30.7 Å². The number of nitrogens with one attached hydrogen (secondary N) is 1. The van der Waals surface area contributed by atoms with Crippen LogP contribution in [0.5, 0.6) is 5.75 Å². The van der Waals surface area contributed by atoms with Gasteiger partial charge in [-0.25, -0.2) is 15.0 Å². The lowest BCUT2D eigenvalue weighted by atomic mass is 10.1. The van der Waals surface area contributed by atoms with E-state index in [1.807, 2.05) is 6.07 Å². The van der Waals surface area contributed by atoms with E-state index in [4.69, 9.17) is 29.2 Å². The molecule has 1 N–H and O–H groups in total. The van der Waals surface area contributed by atoms with E-state index in [0.29, 0.717) is 60.5 Å². The first-order chi connectivity index (χ1) is 15.8. The first-order valence-electron chi connectivity index (χ1n) is 10.6. The quantitative estimate of drug-likeness (QED) is 0.476. The molecule has 0 atom stereocenters. The maximum absolute atomic E-state index is 9.02. The summed E-state index contributed by atoms with van der Waals surface area (Å²) < 4.78 is 23.7. The van der Waals surface area contributed by atoms with Gasteiger partial charge in [0, 0.05) is 38.6 Å². The molecule has 1 fully saturated rings. The minimum Gasteiger partial charge on any atom is -0.487 e. The standard InChI is InChI=1S/C22H26N6O4/c1-29-8-9-31-10-11-32-19-12-18-22(27-21(19)26-17-4-6-30-7-5-17)28(15-25-18)20-3-2-16(13-23)14-24-20/h2-3,12,14-15,17H,4-11H2,1H3,(H,26,27). The number of pyridine rings is 2. The second-order valence-corrected chi connectivity index (χ2v) is 7.29. The molecule has 10 nitrogen and oxygen atoms in total. The van der Waals surface area contributed by atoms with Crippen LogP contribution >= 0.6 is 0 Å². The van der Waals surface area contributed by atoms with Crippen LogP contribution in [-0.4, -0.2) is 72.3 Å². The van der Waals surface area contributed by atoms with Gasteiger partial charge >= 0.3 is 0 Å². The number of nitrogens with zero attached hydrogens (tertiary/aromatic N) is 5. The van der Waals surface area contributed by atoms with Crippen LogP contribution in [0.4, 0.5) is 5.82 Å². The fourth-order valence-electron chi connectivity index (χ4n) is 3.39. The molecule has 4 heterocycles. The van der Waals surface area contributed by atoms with Crippen LogP contribution in [0.25, 0.3) is 17.0 Å². The summed E-state index contributed by atoms with van der Waals surface area (Å²) in [6.45, 7) is 3.34. The summed E-state index contributed by atoms with van der Waals surface area (Å²) in [6, 6.07) is 7.69. The molecule has 0 spiro atoms. The highest BCUT2D eigenvalue weighted by Crippen LogP contribution is 2.29. The SMILES string of the molecule is COCCOCCOc1cc2ncn(-c3ccc(C#N)cn3)c2nc1NC1CCOCC1. The van der Waals surface area contributed by atoms with Crippen LogP contribution in [0.1, 0.15) is 18.4 Å². The van der Waals surface area contributed by atoms with Crippen molar-refractivity contribution < 1.29 is 18.9 Å². The molecular formula is C22H26N6O4. The summed E-state index contributed by atoms with van der Waals surface area (Å²) in [5, 5.41) is 12.5. The van der Waals surface area contributed by atoms with Crippen LogP contribution in [0.2, 0.25) is 0 Å². The van der Waals surface area contributed by atoms with Crippen LogP contribution < -0.4 is 10.1 Å². The van der Waals surface area contributed by atoms with Crippen molar-refractivity contribution in [3.05, 3.63) is 36.3 Å². The monoisotopic (exact) mass is 438 g/mol. The zero-order valence-corrected chi connectivity index (χ0v) is 18.0. The van der Waals surface area contributed by atoms with Crippen molar-refractivity contribution in [1.82, 2.24) is 19.5 Å². The van der Waals surface area contributed by atoms with E-state index >= 15 is 0 Å². The number of nitriles is 1. The molecule has 168 valence electrons. The van der Waals surface area contributed by atoms with Crippen molar-refractivity contribution in [2.45, 2.75) is 18.9 Å². The Kier molecular flexibility index (Phi) is 7.45. The van der Waals surface area contributed by atoms with E-state index in [2.05, 4.69) is 21.4 Å². The van der Waals surface area contributed by atoms with Crippen molar-refractivity contribution in [1.29, 1.82) is 5.26 Å². The van der Waals surface area contributed by atoms with Crippen LogP contribution in [0, 0.1) is 11.3 Å². The third-order valence-corrected chi connectivity index (χ3v) is 5.09. The molecule has 4 rings (SSSR count). The van der Waals surface area contributed by atoms with E-state index < -0.39 is 0 Å². The van der Waals surface area contributed by atoms with Crippen LogP contribution in [-0.2, 0) is 14.2 Å². The number of aromatic nitrogens is 4. The Bertz CT molecular complexity index is 1060. The van der Waals surface area contributed by atoms with Gasteiger partial charge in [-0.2, -0.15) is 5.26 Å². The highest BCUT2D eigenvalue weighted by molar-refractivity contribution is 5.78. The van der Waals surface area contributed by atoms with Crippen molar-refractivity contribution in [2.24, 2.45) is 0 Å². The third kappa shape index (κ3) is 5.31. The Morgan fingerprint density at radius 3 is 2.78 bits per heavy atom. The Balaban J connectivity index is 1.58. The summed E-state index contributed by atoms with van der Waals surface area (Å²) in [6.07, 6.45) is 5.00. The van der Waals surface area contributed by atoms with Gasteiger partial charge in [-0.1, -0.05) is 0 Å². The number of methoxy groups -OCH3 is 1. The lowest BCUT2D eigenvalue weighted by Crippen LogP contribution is -2.28. The van der Waals surface area contributed by atoms with Gasteiger partial charge < -0.3 is 24.3 Å². The summed E-state index contributed by atoms with van der Waals surface area (Å²) in [5.74, 6) is 1.91. The van der Waals surface area contributed by atoms with Crippen LogP contribution in [0.3, 0.4) is 0 Å². The van der Waals surface area contributed by atoms with Crippen molar-refractivity contribution >= 4 is 17.0 Å². The second-order valence-electron chi connectivity index (χ2n) is 7.29. The molecule has 1 saturated heterocycles. The Hall–Kier alpha value is -3.26. The molecule has 1 aliphatic rings. The minimum atomic E-state index is 0.249. The lowest BCUT2D eigenvalue weighted by Gasteiger charge is -2.24. The van der Waals surface area contributed by atoms with E-state index in [1.54, 1.807) is 30.1 Å². The molecule has 10 heteroatoms. The topological polar surface area (TPSA) is 116 Å². The molecule has 0 aliphatic carbocycles. The molecule has 0 aromatic carbocycles. The summed E-state index contributed by atoms with van der Waals surface area (Å²) in [5.41, 5.74) is 1.83. The van der Waals surface area contributed by atoms with Gasteiger partial charge in [0.15, 0.2) is 17.2 Å². The molecular weight excluding hydrogens is 412 g/mol. The smallest absolute Gasteiger partial charge is 0.171 e. The van der Waals surface area contributed by atoms with Gasteiger partial charge in [-0.3, -0.25) is 4.57 Å². The lowest BCUT2D eigenvalue weighted by molar-refractivity contribution is 0.0544. The summed E-state index contributed by atoms with van der Waals surface area (Å²) >= 11 is 0. The molecule has 0 amide bonds. The molecule has 0 radical (unpaired) electrons. The van der Waals surface area contributed by atoms with Gasteiger partial charge in [0.05, 0.1) is 25.4 Å².